The van der Waals surface area contributed by atoms with Gasteiger partial charge in [0.05, 0.1) is 23.8 Å². The molecule has 1 heterocycles. The summed E-state index contributed by atoms with van der Waals surface area (Å²) in [7, 11) is 3.66. The van der Waals surface area contributed by atoms with Gasteiger partial charge in [0.2, 0.25) is 5.91 Å². The van der Waals surface area contributed by atoms with Crippen LogP contribution in [0.3, 0.4) is 0 Å². The van der Waals surface area contributed by atoms with Crippen molar-refractivity contribution in [3.63, 3.8) is 0 Å². The van der Waals surface area contributed by atoms with Crippen molar-refractivity contribution in [2.75, 3.05) is 32.5 Å². The number of hydrogen-bond donors (Lipinski definition) is 2. The van der Waals surface area contributed by atoms with Gasteiger partial charge in [0.25, 0.3) is 0 Å². The summed E-state index contributed by atoms with van der Waals surface area (Å²) in [6, 6.07) is 20.5. The first-order chi connectivity index (χ1) is 17.4. The Morgan fingerprint density at radius 3 is 2.64 bits per heavy atom. The highest BCUT2D eigenvalue weighted by atomic mass is 35.5. The number of hydrazone groups is 1. The molecule has 0 fully saturated rings. The highest BCUT2D eigenvalue weighted by Crippen LogP contribution is 2.21. The Morgan fingerprint density at radius 2 is 2.00 bits per heavy atom. The first-order valence-electron chi connectivity index (χ1n) is 11.5. The predicted octanol–water partition coefficient (Wildman–Crippen LogP) is 4.72. The van der Waals surface area contributed by atoms with Crippen LogP contribution in [-0.4, -0.2) is 49.3 Å². The Balaban J connectivity index is 1.64. The molecule has 0 aliphatic rings. The number of halogens is 1. The van der Waals surface area contributed by atoms with Gasteiger partial charge in [0.15, 0.2) is 0 Å². The minimum atomic E-state index is -0.465. The molecule has 0 bridgehead atoms. The zero-order chi connectivity index (χ0) is 25.9. The summed E-state index contributed by atoms with van der Waals surface area (Å²) in [4.78, 5) is 17.6. The number of carbonyl (C=O) groups is 1. The number of aromatic nitrogens is 1. The molecule has 1 aromatic heterocycles. The molecule has 0 aliphatic carbocycles. The van der Waals surface area contributed by atoms with Gasteiger partial charge in [-0.1, -0.05) is 42.4 Å². The Bertz CT molecular complexity index is 1250. The number of nitriles is 1. The Kier molecular flexibility index (Phi) is 9.75. The second kappa shape index (κ2) is 13.2. The van der Waals surface area contributed by atoms with Gasteiger partial charge < -0.3 is 15.6 Å². The molecule has 2 aromatic carbocycles. The van der Waals surface area contributed by atoms with Crippen molar-refractivity contribution in [2.24, 2.45) is 5.10 Å². The molecule has 184 valence electrons. The second-order valence-electron chi connectivity index (χ2n) is 8.41. The van der Waals surface area contributed by atoms with Gasteiger partial charge in [-0.15, -0.1) is 0 Å². The van der Waals surface area contributed by atoms with E-state index in [1.807, 2.05) is 44.4 Å². The van der Waals surface area contributed by atoms with Crippen molar-refractivity contribution in [2.45, 2.75) is 12.3 Å². The van der Waals surface area contributed by atoms with Crippen LogP contribution in [0.2, 0.25) is 5.02 Å². The van der Waals surface area contributed by atoms with E-state index in [9.17, 15) is 4.79 Å². The van der Waals surface area contributed by atoms with Gasteiger partial charge in [-0.3, -0.25) is 4.79 Å². The van der Waals surface area contributed by atoms with Crippen LogP contribution in [0.25, 0.3) is 5.57 Å². The number of carbonyl (C=O) groups excluding carboxylic acids is 1. The fourth-order valence-electron chi connectivity index (χ4n) is 3.44. The molecule has 36 heavy (non-hydrogen) atoms. The molecular weight excluding hydrogens is 472 g/mol. The largest absolute Gasteiger partial charge is 0.315 e. The molecule has 0 spiro atoms. The van der Waals surface area contributed by atoms with Gasteiger partial charge >= 0.3 is 0 Å². The van der Waals surface area contributed by atoms with Crippen LogP contribution in [0.4, 0.5) is 5.82 Å². The third-order valence-electron chi connectivity index (χ3n) is 5.42. The number of pyridine rings is 1. The second-order valence-corrected chi connectivity index (χ2v) is 8.85. The smallest absolute Gasteiger partial charge is 0.234 e. The van der Waals surface area contributed by atoms with Crippen LogP contribution < -0.4 is 10.6 Å². The molecule has 1 unspecified atom stereocenters. The standard InChI is InChI=1S/C28H29ClN6O/c1-20(17-33-35(2)3)24-11-12-27(32-18-24)34-28(36)26(23-5-4-6-25(29)15-23)19-31-14-13-21-7-9-22(16-30)10-8-21/h4-12,15,17-18,26,31H,1,13-14,19H2,2-3H3,(H,32,34,36)/b33-17-. The lowest BCUT2D eigenvalue weighted by atomic mass is 9.98. The lowest BCUT2D eigenvalue weighted by Gasteiger charge is -2.18. The summed E-state index contributed by atoms with van der Waals surface area (Å²) in [6.45, 7) is 5.11. The number of anilines is 1. The average Bonchev–Trinajstić information content (AvgIpc) is 2.88. The van der Waals surface area contributed by atoms with E-state index in [0.29, 0.717) is 29.5 Å². The van der Waals surface area contributed by atoms with Crippen molar-refractivity contribution in [1.82, 2.24) is 15.3 Å². The van der Waals surface area contributed by atoms with Crippen LogP contribution in [0.1, 0.15) is 28.2 Å². The summed E-state index contributed by atoms with van der Waals surface area (Å²) >= 11 is 6.20. The third-order valence-corrected chi connectivity index (χ3v) is 5.65. The Labute approximate surface area is 217 Å². The van der Waals surface area contributed by atoms with Crippen molar-refractivity contribution in [3.05, 3.63) is 101 Å². The zero-order valence-electron chi connectivity index (χ0n) is 20.4. The molecule has 3 rings (SSSR count). The number of rotatable bonds is 11. The number of hydrogen-bond acceptors (Lipinski definition) is 6. The first-order valence-corrected chi connectivity index (χ1v) is 11.9. The summed E-state index contributed by atoms with van der Waals surface area (Å²) in [6.07, 6.45) is 4.09. The molecule has 0 aliphatic heterocycles. The monoisotopic (exact) mass is 500 g/mol. The van der Waals surface area contributed by atoms with E-state index in [0.717, 1.165) is 28.7 Å². The SMILES string of the molecule is C=C(/C=N\N(C)C)c1ccc(NC(=O)C(CNCCc2ccc(C#N)cc2)c2cccc(Cl)c2)nc1. The quantitative estimate of drug-likeness (QED) is 0.226. The van der Waals surface area contributed by atoms with E-state index < -0.39 is 5.92 Å². The minimum Gasteiger partial charge on any atom is -0.315 e. The van der Waals surface area contributed by atoms with E-state index in [2.05, 4.69) is 33.4 Å². The van der Waals surface area contributed by atoms with E-state index in [4.69, 9.17) is 16.9 Å². The third kappa shape index (κ3) is 8.05. The first kappa shape index (κ1) is 26.6. The van der Waals surface area contributed by atoms with E-state index in [1.54, 1.807) is 47.8 Å². The molecule has 0 saturated carbocycles. The highest BCUT2D eigenvalue weighted by Gasteiger charge is 2.21. The van der Waals surface area contributed by atoms with Crippen molar-refractivity contribution >= 4 is 35.1 Å². The van der Waals surface area contributed by atoms with Gasteiger partial charge in [-0.2, -0.15) is 10.4 Å². The number of amides is 1. The van der Waals surface area contributed by atoms with Gasteiger partial charge in [0, 0.05) is 37.4 Å². The molecule has 0 saturated heterocycles. The summed E-state index contributed by atoms with van der Waals surface area (Å²) in [5.41, 5.74) is 4.10. The lowest BCUT2D eigenvalue weighted by molar-refractivity contribution is -0.117. The van der Waals surface area contributed by atoms with Crippen LogP contribution in [-0.2, 0) is 11.2 Å². The number of nitrogens with one attached hydrogen (secondary N) is 2. The minimum absolute atomic E-state index is 0.184. The maximum Gasteiger partial charge on any atom is 0.234 e. The van der Waals surface area contributed by atoms with Gasteiger partial charge in [0.1, 0.15) is 5.82 Å². The van der Waals surface area contributed by atoms with Crippen LogP contribution in [0, 0.1) is 11.3 Å². The van der Waals surface area contributed by atoms with Crippen LogP contribution in [0.5, 0.6) is 0 Å². The maximum absolute atomic E-state index is 13.2. The molecule has 2 N–H and O–H groups in total. The lowest BCUT2D eigenvalue weighted by Crippen LogP contribution is -2.32. The maximum atomic E-state index is 13.2. The summed E-state index contributed by atoms with van der Waals surface area (Å²) in [5, 5.41) is 21.7. The Hall–Kier alpha value is -3.99. The van der Waals surface area contributed by atoms with Gasteiger partial charge in [-0.05, 0) is 66.1 Å². The number of benzene rings is 2. The van der Waals surface area contributed by atoms with Crippen molar-refractivity contribution in [3.8, 4) is 6.07 Å². The fourth-order valence-corrected chi connectivity index (χ4v) is 3.64. The molecular formula is C28H29ClN6O. The number of allylic oxidation sites excluding steroid dienone is 1. The molecule has 1 atom stereocenters. The Morgan fingerprint density at radius 1 is 1.22 bits per heavy atom. The molecule has 3 aromatic rings. The zero-order valence-corrected chi connectivity index (χ0v) is 21.2. The van der Waals surface area contributed by atoms with E-state index in [1.165, 1.54) is 0 Å². The van der Waals surface area contributed by atoms with Crippen molar-refractivity contribution < 1.29 is 4.79 Å². The summed E-state index contributed by atoms with van der Waals surface area (Å²) in [5.74, 6) is -0.199. The highest BCUT2D eigenvalue weighted by molar-refractivity contribution is 6.30. The van der Waals surface area contributed by atoms with Crippen LogP contribution in [0.15, 0.2) is 78.5 Å². The average molecular weight is 501 g/mol. The topological polar surface area (TPSA) is 93.4 Å². The van der Waals surface area contributed by atoms with E-state index in [-0.39, 0.29) is 5.91 Å². The normalized spacial score (nSPS) is 11.6. The van der Waals surface area contributed by atoms with E-state index >= 15 is 0 Å². The molecule has 7 nitrogen and oxygen atoms in total. The predicted molar refractivity (Wildman–Crippen MR) is 146 cm³/mol. The van der Waals surface area contributed by atoms with Gasteiger partial charge in [-0.25, -0.2) is 4.98 Å². The fraction of sp³-hybridized carbons (Fsp3) is 0.214. The van der Waals surface area contributed by atoms with Crippen molar-refractivity contribution in [1.29, 1.82) is 5.26 Å². The number of nitrogens with zero attached hydrogens (tertiary/aromatic N) is 4. The molecule has 0 radical (unpaired) electrons. The molecule has 8 heteroatoms. The van der Waals surface area contributed by atoms with Crippen LogP contribution >= 0.6 is 11.6 Å². The summed E-state index contributed by atoms with van der Waals surface area (Å²) < 4.78 is 0. The molecule has 1 amide bonds.